The van der Waals surface area contributed by atoms with Gasteiger partial charge in [-0.15, -0.1) is 0 Å². The van der Waals surface area contributed by atoms with Gasteiger partial charge in [0.2, 0.25) is 0 Å². The molecule has 1 aromatic carbocycles. The van der Waals surface area contributed by atoms with Gasteiger partial charge in [-0.25, -0.2) is 0 Å². The van der Waals surface area contributed by atoms with E-state index in [2.05, 4.69) is 42.7 Å². The van der Waals surface area contributed by atoms with Gasteiger partial charge in [-0.05, 0) is 37.6 Å². The van der Waals surface area contributed by atoms with E-state index in [4.69, 9.17) is 0 Å². The zero-order valence-electron chi connectivity index (χ0n) is 8.83. The van der Waals surface area contributed by atoms with Crippen molar-refractivity contribution in [1.29, 1.82) is 0 Å². The Morgan fingerprint density at radius 1 is 1.07 bits per heavy atom. The Morgan fingerprint density at radius 3 is 2.21 bits per heavy atom. The monoisotopic (exact) mass is 184 g/mol. The Hall–Kier alpha value is -1.50. The van der Waals surface area contributed by atoms with Gasteiger partial charge in [0.25, 0.3) is 0 Å². The van der Waals surface area contributed by atoms with Gasteiger partial charge < -0.3 is 4.57 Å². The third kappa shape index (κ3) is 1.58. The Kier molecular flexibility index (Phi) is 2.16. The number of rotatable bonds is 1. The predicted molar refractivity (Wildman–Crippen MR) is 59.2 cm³/mol. The summed E-state index contributed by atoms with van der Waals surface area (Å²) >= 11 is 0. The van der Waals surface area contributed by atoms with Crippen molar-refractivity contribution in [2.24, 2.45) is 7.05 Å². The summed E-state index contributed by atoms with van der Waals surface area (Å²) in [7, 11) is 2.05. The van der Waals surface area contributed by atoms with Crippen molar-refractivity contribution < 1.29 is 0 Å². The maximum Gasteiger partial charge on any atom is 0.0484 e. The summed E-state index contributed by atoms with van der Waals surface area (Å²) in [5.74, 6) is 0. The van der Waals surface area contributed by atoms with Crippen LogP contribution in [-0.2, 0) is 7.05 Å². The third-order valence-corrected chi connectivity index (χ3v) is 2.39. The first-order valence-electron chi connectivity index (χ1n) is 4.78. The van der Waals surface area contributed by atoms with E-state index in [0.29, 0.717) is 0 Å². The second-order valence-corrected chi connectivity index (χ2v) is 3.81. The lowest BCUT2D eigenvalue weighted by Crippen LogP contribution is -1.90. The summed E-state index contributed by atoms with van der Waals surface area (Å²) in [4.78, 5) is 0. The molecule has 1 nitrogen and oxygen atoms in total. The molecule has 2 aromatic rings. The molecule has 1 radical (unpaired) electrons. The van der Waals surface area contributed by atoms with Crippen molar-refractivity contribution in [3.63, 3.8) is 0 Å². The van der Waals surface area contributed by atoms with E-state index < -0.39 is 0 Å². The van der Waals surface area contributed by atoms with Crippen LogP contribution in [0, 0.1) is 19.9 Å². The van der Waals surface area contributed by atoms with E-state index in [1.54, 1.807) is 0 Å². The number of hydrogen-bond donors (Lipinski definition) is 0. The van der Waals surface area contributed by atoms with Crippen LogP contribution in [-0.4, -0.2) is 4.57 Å². The van der Waals surface area contributed by atoms with E-state index >= 15 is 0 Å². The molecule has 0 N–H and O–H groups in total. The highest BCUT2D eigenvalue weighted by Gasteiger charge is 2.02. The van der Waals surface area contributed by atoms with Crippen LogP contribution in [0.3, 0.4) is 0 Å². The molecule has 0 unspecified atom stereocenters. The molecule has 1 heterocycles. The third-order valence-electron chi connectivity index (χ3n) is 2.39. The molecule has 0 aliphatic heterocycles. The second kappa shape index (κ2) is 3.33. The van der Waals surface area contributed by atoms with E-state index in [1.165, 1.54) is 22.4 Å². The highest BCUT2D eigenvalue weighted by Crippen LogP contribution is 2.21. The molecule has 0 spiro atoms. The molecule has 0 atom stereocenters. The SMILES string of the molecule is Cc1cc(C)cc(-c2c[c]cn2C)c1. The summed E-state index contributed by atoms with van der Waals surface area (Å²) in [6, 6.07) is 11.7. The van der Waals surface area contributed by atoms with Crippen LogP contribution in [0.1, 0.15) is 11.1 Å². The minimum absolute atomic E-state index is 1.22. The van der Waals surface area contributed by atoms with Gasteiger partial charge in [-0.1, -0.05) is 17.2 Å². The molecule has 0 aliphatic rings. The molecule has 0 saturated carbocycles. The average Bonchev–Trinajstić information content (AvgIpc) is 2.49. The van der Waals surface area contributed by atoms with Crippen molar-refractivity contribution >= 4 is 0 Å². The van der Waals surface area contributed by atoms with Crippen molar-refractivity contribution in [3.8, 4) is 11.3 Å². The van der Waals surface area contributed by atoms with Gasteiger partial charge in [0.1, 0.15) is 0 Å². The summed E-state index contributed by atoms with van der Waals surface area (Å²) in [6.45, 7) is 4.26. The highest BCUT2D eigenvalue weighted by atomic mass is 14.9. The molecule has 0 fully saturated rings. The molecular formula is C13H14N. The molecule has 71 valence electrons. The minimum Gasteiger partial charge on any atom is -0.350 e. The molecular weight excluding hydrogens is 170 g/mol. The Morgan fingerprint density at radius 2 is 1.71 bits per heavy atom. The van der Waals surface area contributed by atoms with E-state index in [1.807, 2.05) is 19.3 Å². The van der Waals surface area contributed by atoms with Gasteiger partial charge in [0, 0.05) is 25.0 Å². The number of hydrogen-bond acceptors (Lipinski definition) is 0. The molecule has 2 rings (SSSR count). The summed E-state index contributed by atoms with van der Waals surface area (Å²) in [6.07, 6.45) is 1.95. The van der Waals surface area contributed by atoms with Crippen molar-refractivity contribution in [1.82, 2.24) is 4.57 Å². The quantitative estimate of drug-likeness (QED) is 0.641. The van der Waals surface area contributed by atoms with Crippen LogP contribution in [0.4, 0.5) is 0 Å². The molecule has 0 bridgehead atoms. The summed E-state index contributed by atoms with van der Waals surface area (Å²) in [5, 5.41) is 0. The van der Waals surface area contributed by atoms with Crippen LogP contribution in [0.15, 0.2) is 30.5 Å². The van der Waals surface area contributed by atoms with Gasteiger partial charge in [0.05, 0.1) is 0 Å². The van der Waals surface area contributed by atoms with Gasteiger partial charge in [-0.2, -0.15) is 0 Å². The fourth-order valence-corrected chi connectivity index (χ4v) is 1.81. The van der Waals surface area contributed by atoms with Crippen molar-refractivity contribution in [2.45, 2.75) is 13.8 Å². The molecule has 1 aromatic heterocycles. The van der Waals surface area contributed by atoms with E-state index in [-0.39, 0.29) is 0 Å². The fourth-order valence-electron chi connectivity index (χ4n) is 1.81. The number of aryl methyl sites for hydroxylation is 3. The first kappa shape index (κ1) is 9.07. The molecule has 0 amide bonds. The first-order valence-corrected chi connectivity index (χ1v) is 4.78. The standard InChI is InChI=1S/C13H14N/c1-10-7-11(2)9-12(8-10)13-5-4-6-14(13)3/h5-9H,1-3H3. The van der Waals surface area contributed by atoms with Crippen LogP contribution in [0.5, 0.6) is 0 Å². The zero-order valence-corrected chi connectivity index (χ0v) is 8.83. The van der Waals surface area contributed by atoms with Gasteiger partial charge in [-0.3, -0.25) is 0 Å². The molecule has 0 aliphatic carbocycles. The maximum atomic E-state index is 3.10. The summed E-state index contributed by atoms with van der Waals surface area (Å²) in [5.41, 5.74) is 5.10. The molecule has 1 heteroatoms. The first-order chi connectivity index (χ1) is 6.66. The van der Waals surface area contributed by atoms with Crippen molar-refractivity contribution in [2.75, 3.05) is 0 Å². The normalized spacial score (nSPS) is 10.5. The van der Waals surface area contributed by atoms with Gasteiger partial charge in [0.15, 0.2) is 0 Å². The Balaban J connectivity index is 2.57. The summed E-state index contributed by atoms with van der Waals surface area (Å²) < 4.78 is 2.09. The van der Waals surface area contributed by atoms with Gasteiger partial charge >= 0.3 is 0 Å². The lowest BCUT2D eigenvalue weighted by molar-refractivity contribution is 0.936. The predicted octanol–water partition coefficient (Wildman–Crippen LogP) is 3.11. The highest BCUT2D eigenvalue weighted by molar-refractivity contribution is 5.61. The minimum atomic E-state index is 1.22. The smallest absolute Gasteiger partial charge is 0.0484 e. The van der Waals surface area contributed by atoms with Crippen molar-refractivity contribution in [3.05, 3.63) is 47.7 Å². The number of nitrogens with zero attached hydrogens (tertiary/aromatic N) is 1. The van der Waals surface area contributed by atoms with E-state index in [9.17, 15) is 0 Å². The number of aromatic nitrogens is 1. The Bertz CT molecular complexity index is 432. The second-order valence-electron chi connectivity index (χ2n) is 3.81. The lowest BCUT2D eigenvalue weighted by atomic mass is 10.1. The molecule has 14 heavy (non-hydrogen) atoms. The largest absolute Gasteiger partial charge is 0.350 e. The fraction of sp³-hybridized carbons (Fsp3) is 0.231. The Labute approximate surface area is 85.0 Å². The number of benzene rings is 1. The van der Waals surface area contributed by atoms with Crippen LogP contribution < -0.4 is 0 Å². The van der Waals surface area contributed by atoms with E-state index in [0.717, 1.165) is 0 Å². The average molecular weight is 184 g/mol. The van der Waals surface area contributed by atoms with Crippen LogP contribution in [0.25, 0.3) is 11.3 Å². The van der Waals surface area contributed by atoms with Crippen LogP contribution >= 0.6 is 0 Å². The topological polar surface area (TPSA) is 4.93 Å². The van der Waals surface area contributed by atoms with Crippen LogP contribution in [0.2, 0.25) is 0 Å². The maximum absolute atomic E-state index is 3.10. The zero-order chi connectivity index (χ0) is 10.1. The molecule has 0 saturated heterocycles. The lowest BCUT2D eigenvalue weighted by Gasteiger charge is -2.06.